The van der Waals surface area contributed by atoms with E-state index in [4.69, 9.17) is 11.6 Å². The van der Waals surface area contributed by atoms with Gasteiger partial charge in [-0.1, -0.05) is 29.3 Å². The van der Waals surface area contributed by atoms with Crippen LogP contribution in [0, 0.1) is 13.8 Å². The number of aryl methyl sites for hydroxylation is 2. The Morgan fingerprint density at radius 2 is 2.00 bits per heavy atom. The number of rotatable bonds is 3. The van der Waals surface area contributed by atoms with Gasteiger partial charge in [0, 0.05) is 10.4 Å². The van der Waals surface area contributed by atoms with Crippen LogP contribution >= 0.6 is 22.9 Å². The van der Waals surface area contributed by atoms with Crippen LogP contribution in [-0.2, 0) is 0 Å². The molecule has 19 heavy (non-hydrogen) atoms. The van der Waals surface area contributed by atoms with Crippen molar-refractivity contribution in [1.82, 2.24) is 5.32 Å². The zero-order valence-electron chi connectivity index (χ0n) is 11.2. The van der Waals surface area contributed by atoms with Gasteiger partial charge in [-0.3, -0.25) is 4.79 Å². The smallest absolute Gasteiger partial charge is 0.252 e. The quantitative estimate of drug-likeness (QED) is 0.886. The van der Waals surface area contributed by atoms with E-state index in [9.17, 15) is 4.79 Å². The van der Waals surface area contributed by atoms with E-state index in [0.29, 0.717) is 0 Å². The van der Waals surface area contributed by atoms with Crippen molar-refractivity contribution >= 4 is 28.8 Å². The molecule has 2 aromatic rings. The Hall–Kier alpha value is -1.32. The first-order valence-corrected chi connectivity index (χ1v) is 7.30. The number of thiophene rings is 1. The Kier molecular flexibility index (Phi) is 4.27. The van der Waals surface area contributed by atoms with Crippen LogP contribution in [0.5, 0.6) is 0 Å². The van der Waals surface area contributed by atoms with Crippen molar-refractivity contribution in [3.05, 3.63) is 56.2 Å². The lowest BCUT2D eigenvalue weighted by Gasteiger charge is -2.13. The van der Waals surface area contributed by atoms with Crippen molar-refractivity contribution in [2.45, 2.75) is 26.8 Å². The van der Waals surface area contributed by atoms with Gasteiger partial charge in [-0.15, -0.1) is 11.3 Å². The highest BCUT2D eigenvalue weighted by Crippen LogP contribution is 2.26. The molecule has 0 aliphatic heterocycles. The molecule has 1 heterocycles. The van der Waals surface area contributed by atoms with Crippen molar-refractivity contribution in [2.75, 3.05) is 0 Å². The topological polar surface area (TPSA) is 29.1 Å². The van der Waals surface area contributed by atoms with Crippen LogP contribution < -0.4 is 5.32 Å². The number of carbonyl (C=O) groups excluding carboxylic acids is 1. The van der Waals surface area contributed by atoms with Crippen LogP contribution in [0.15, 0.2) is 30.3 Å². The lowest BCUT2D eigenvalue weighted by molar-refractivity contribution is 0.0940. The van der Waals surface area contributed by atoms with Gasteiger partial charge in [0.05, 0.1) is 10.4 Å². The second-order valence-corrected chi connectivity index (χ2v) is 6.40. The molecule has 1 amide bonds. The van der Waals surface area contributed by atoms with Crippen LogP contribution in [0.25, 0.3) is 0 Å². The standard InChI is InChI=1S/C15H16ClNOS/c1-9-4-5-12(10(2)8-9)15(18)17-11(3)13-6-7-14(16)19-13/h4-8,11H,1-3H3,(H,17,18)/t11-/m1/s1. The van der Waals surface area contributed by atoms with Gasteiger partial charge in [0.2, 0.25) is 0 Å². The maximum Gasteiger partial charge on any atom is 0.252 e. The van der Waals surface area contributed by atoms with Crippen LogP contribution in [0.4, 0.5) is 0 Å². The molecule has 4 heteroatoms. The third-order valence-electron chi connectivity index (χ3n) is 2.99. The molecule has 0 aliphatic rings. The van der Waals surface area contributed by atoms with Crippen molar-refractivity contribution in [2.24, 2.45) is 0 Å². The van der Waals surface area contributed by atoms with E-state index in [-0.39, 0.29) is 11.9 Å². The maximum atomic E-state index is 12.2. The monoisotopic (exact) mass is 293 g/mol. The number of hydrogen-bond acceptors (Lipinski definition) is 2. The minimum atomic E-state index is -0.0467. The summed E-state index contributed by atoms with van der Waals surface area (Å²) < 4.78 is 0.739. The molecule has 100 valence electrons. The molecule has 0 saturated heterocycles. The van der Waals surface area contributed by atoms with E-state index in [1.54, 1.807) is 0 Å². The normalized spacial score (nSPS) is 12.2. The van der Waals surface area contributed by atoms with Crippen molar-refractivity contribution in [3.63, 3.8) is 0 Å². The summed E-state index contributed by atoms with van der Waals surface area (Å²) in [4.78, 5) is 13.3. The first kappa shape index (κ1) is 14.1. The van der Waals surface area contributed by atoms with E-state index in [1.807, 2.05) is 51.1 Å². The molecule has 0 bridgehead atoms. The zero-order chi connectivity index (χ0) is 14.0. The highest BCUT2D eigenvalue weighted by Gasteiger charge is 2.14. The largest absolute Gasteiger partial charge is 0.345 e. The molecule has 1 aromatic carbocycles. The Balaban J connectivity index is 2.12. The van der Waals surface area contributed by atoms with E-state index in [0.717, 1.165) is 25.9 Å². The van der Waals surface area contributed by atoms with Crippen molar-refractivity contribution < 1.29 is 4.79 Å². The van der Waals surface area contributed by atoms with E-state index >= 15 is 0 Å². The van der Waals surface area contributed by atoms with E-state index in [2.05, 4.69) is 5.32 Å². The number of halogens is 1. The second-order valence-electron chi connectivity index (χ2n) is 4.66. The molecule has 2 nitrogen and oxygen atoms in total. The predicted octanol–water partition coefficient (Wildman–Crippen LogP) is 4.51. The van der Waals surface area contributed by atoms with Gasteiger partial charge >= 0.3 is 0 Å². The third-order valence-corrected chi connectivity index (χ3v) is 4.41. The Morgan fingerprint density at radius 1 is 1.26 bits per heavy atom. The number of amides is 1. The van der Waals surface area contributed by atoms with Crippen LogP contribution in [-0.4, -0.2) is 5.91 Å². The third kappa shape index (κ3) is 3.37. The summed E-state index contributed by atoms with van der Waals surface area (Å²) in [7, 11) is 0. The molecule has 0 aliphatic carbocycles. The van der Waals surface area contributed by atoms with Gasteiger partial charge in [0.15, 0.2) is 0 Å². The van der Waals surface area contributed by atoms with Crippen LogP contribution in [0.1, 0.15) is 39.3 Å². The van der Waals surface area contributed by atoms with E-state index in [1.165, 1.54) is 11.3 Å². The average molecular weight is 294 g/mol. The fraction of sp³-hybridized carbons (Fsp3) is 0.267. The summed E-state index contributed by atoms with van der Waals surface area (Å²) in [6.45, 7) is 5.93. The van der Waals surface area contributed by atoms with E-state index < -0.39 is 0 Å². The first-order chi connectivity index (χ1) is 8.97. The summed E-state index contributed by atoms with van der Waals surface area (Å²) in [5.74, 6) is -0.0467. The fourth-order valence-electron chi connectivity index (χ4n) is 1.97. The summed E-state index contributed by atoms with van der Waals surface area (Å²) in [6, 6.07) is 9.59. The molecule has 0 radical (unpaired) electrons. The number of nitrogens with one attached hydrogen (secondary N) is 1. The Labute approximate surface area is 122 Å². The fourth-order valence-corrected chi connectivity index (χ4v) is 3.04. The van der Waals surface area contributed by atoms with Gasteiger partial charge < -0.3 is 5.32 Å². The first-order valence-electron chi connectivity index (χ1n) is 6.10. The van der Waals surface area contributed by atoms with Gasteiger partial charge in [-0.2, -0.15) is 0 Å². The summed E-state index contributed by atoms with van der Waals surface area (Å²) in [5.41, 5.74) is 2.88. The lowest BCUT2D eigenvalue weighted by Crippen LogP contribution is -2.26. The van der Waals surface area contributed by atoms with Crippen molar-refractivity contribution in [3.8, 4) is 0 Å². The highest BCUT2D eigenvalue weighted by atomic mass is 35.5. The molecule has 0 saturated carbocycles. The van der Waals surface area contributed by atoms with Crippen LogP contribution in [0.2, 0.25) is 4.34 Å². The molecule has 0 unspecified atom stereocenters. The second kappa shape index (κ2) is 5.76. The van der Waals surface area contributed by atoms with Gasteiger partial charge in [-0.25, -0.2) is 0 Å². The summed E-state index contributed by atoms with van der Waals surface area (Å²) in [5, 5.41) is 3.00. The lowest BCUT2D eigenvalue weighted by atomic mass is 10.0. The van der Waals surface area contributed by atoms with Crippen molar-refractivity contribution in [1.29, 1.82) is 0 Å². The minimum Gasteiger partial charge on any atom is -0.345 e. The molecule has 1 N–H and O–H groups in total. The minimum absolute atomic E-state index is 0.0364. The maximum absolute atomic E-state index is 12.2. The molecule has 0 fully saturated rings. The average Bonchev–Trinajstić information content (AvgIpc) is 2.75. The molecular weight excluding hydrogens is 278 g/mol. The SMILES string of the molecule is Cc1ccc(C(=O)N[C@H](C)c2ccc(Cl)s2)c(C)c1. The summed E-state index contributed by atoms with van der Waals surface area (Å²) in [6.07, 6.45) is 0. The van der Waals surface area contributed by atoms with Gasteiger partial charge in [0.1, 0.15) is 0 Å². The Morgan fingerprint density at radius 3 is 2.58 bits per heavy atom. The number of carbonyl (C=O) groups is 1. The number of benzene rings is 1. The molecule has 1 atom stereocenters. The number of hydrogen-bond donors (Lipinski definition) is 1. The molecule has 1 aromatic heterocycles. The molecule has 2 rings (SSSR count). The highest BCUT2D eigenvalue weighted by molar-refractivity contribution is 7.16. The predicted molar refractivity (Wildman–Crippen MR) is 81.1 cm³/mol. The zero-order valence-corrected chi connectivity index (χ0v) is 12.7. The summed E-state index contributed by atoms with van der Waals surface area (Å²) >= 11 is 7.40. The van der Waals surface area contributed by atoms with Gasteiger partial charge in [0.25, 0.3) is 5.91 Å². The van der Waals surface area contributed by atoms with Gasteiger partial charge in [-0.05, 0) is 44.5 Å². The molecule has 0 spiro atoms. The Bertz CT molecular complexity index is 606. The van der Waals surface area contributed by atoms with Crippen LogP contribution in [0.3, 0.4) is 0 Å². The molecular formula is C15H16ClNOS.